The second-order valence-electron chi connectivity index (χ2n) is 4.90. The number of hydrogen-bond donors (Lipinski definition) is 1. The van der Waals surface area contributed by atoms with E-state index in [1.165, 1.54) is 11.8 Å². The van der Waals surface area contributed by atoms with Crippen LogP contribution in [0.3, 0.4) is 0 Å². The molecule has 0 saturated heterocycles. The lowest BCUT2D eigenvalue weighted by molar-refractivity contribution is 0.472. The van der Waals surface area contributed by atoms with Crippen molar-refractivity contribution in [3.63, 3.8) is 0 Å². The first-order valence-electron chi connectivity index (χ1n) is 6.55. The molecule has 1 aromatic heterocycles. The summed E-state index contributed by atoms with van der Waals surface area (Å²) in [5.74, 6) is 0.190. The number of rotatable bonds is 1. The van der Waals surface area contributed by atoms with Gasteiger partial charge >= 0.3 is 0 Å². The summed E-state index contributed by atoms with van der Waals surface area (Å²) in [6.07, 6.45) is 2.25. The SMILES string of the molecule is Oc1cnc2ccccc2c1C1=Nc2ccccc2C1. The number of benzene rings is 2. The summed E-state index contributed by atoms with van der Waals surface area (Å²) in [4.78, 5) is 8.92. The molecule has 0 atom stereocenters. The molecule has 1 aliphatic rings. The predicted octanol–water partition coefficient (Wildman–Crippen LogP) is 3.62. The van der Waals surface area contributed by atoms with Gasteiger partial charge in [0.15, 0.2) is 0 Å². The van der Waals surface area contributed by atoms with Crippen LogP contribution in [0, 0.1) is 0 Å². The zero-order valence-electron chi connectivity index (χ0n) is 10.7. The highest BCUT2D eigenvalue weighted by Crippen LogP contribution is 2.33. The summed E-state index contributed by atoms with van der Waals surface area (Å²) in [6.45, 7) is 0. The largest absolute Gasteiger partial charge is 0.506 e. The molecule has 3 nitrogen and oxygen atoms in total. The maximum absolute atomic E-state index is 10.2. The highest BCUT2D eigenvalue weighted by Gasteiger charge is 2.20. The van der Waals surface area contributed by atoms with E-state index in [0.29, 0.717) is 0 Å². The Hall–Kier alpha value is -2.68. The average molecular weight is 260 g/mol. The molecule has 4 rings (SSSR count). The third-order valence-corrected chi connectivity index (χ3v) is 3.65. The maximum Gasteiger partial charge on any atom is 0.143 e. The summed E-state index contributed by atoms with van der Waals surface area (Å²) in [5.41, 5.74) is 4.76. The van der Waals surface area contributed by atoms with Crippen LogP contribution in [0.15, 0.2) is 59.7 Å². The molecule has 0 unspecified atom stereocenters. The second-order valence-corrected chi connectivity index (χ2v) is 4.90. The van der Waals surface area contributed by atoms with E-state index >= 15 is 0 Å². The molecular weight excluding hydrogens is 248 g/mol. The molecule has 20 heavy (non-hydrogen) atoms. The minimum atomic E-state index is 0.190. The number of fused-ring (bicyclic) bond motifs is 2. The van der Waals surface area contributed by atoms with E-state index in [4.69, 9.17) is 0 Å². The Balaban J connectivity index is 1.95. The van der Waals surface area contributed by atoms with Gasteiger partial charge < -0.3 is 5.11 Å². The normalized spacial score (nSPS) is 13.3. The molecule has 0 bridgehead atoms. The lowest BCUT2D eigenvalue weighted by Gasteiger charge is -2.08. The molecule has 1 aliphatic heterocycles. The molecule has 0 spiro atoms. The van der Waals surface area contributed by atoms with Gasteiger partial charge in [0.25, 0.3) is 0 Å². The van der Waals surface area contributed by atoms with Crippen molar-refractivity contribution in [2.24, 2.45) is 4.99 Å². The summed E-state index contributed by atoms with van der Waals surface area (Å²) >= 11 is 0. The lowest BCUT2D eigenvalue weighted by atomic mass is 10.00. The Morgan fingerprint density at radius 1 is 0.950 bits per heavy atom. The van der Waals surface area contributed by atoms with Crippen molar-refractivity contribution < 1.29 is 5.11 Å². The zero-order chi connectivity index (χ0) is 13.5. The van der Waals surface area contributed by atoms with Crippen LogP contribution in [-0.2, 0) is 6.42 Å². The van der Waals surface area contributed by atoms with Crippen molar-refractivity contribution in [2.45, 2.75) is 6.42 Å². The highest BCUT2D eigenvalue weighted by molar-refractivity contribution is 6.15. The van der Waals surface area contributed by atoms with Crippen LogP contribution < -0.4 is 0 Å². The molecule has 0 saturated carbocycles. The maximum atomic E-state index is 10.2. The number of pyridine rings is 1. The van der Waals surface area contributed by atoms with Gasteiger partial charge in [-0.1, -0.05) is 36.4 Å². The van der Waals surface area contributed by atoms with Crippen LogP contribution in [-0.4, -0.2) is 15.8 Å². The fraction of sp³-hybridized carbons (Fsp3) is 0.0588. The predicted molar refractivity (Wildman–Crippen MR) is 79.8 cm³/mol. The summed E-state index contributed by atoms with van der Waals surface area (Å²) < 4.78 is 0. The molecule has 0 fully saturated rings. The van der Waals surface area contributed by atoms with Crippen LogP contribution in [0.5, 0.6) is 5.75 Å². The first kappa shape index (κ1) is 11.2. The van der Waals surface area contributed by atoms with Crippen molar-refractivity contribution in [3.05, 3.63) is 65.9 Å². The number of aromatic hydroxyl groups is 1. The van der Waals surface area contributed by atoms with Gasteiger partial charge in [0.2, 0.25) is 0 Å². The van der Waals surface area contributed by atoms with E-state index in [-0.39, 0.29) is 5.75 Å². The van der Waals surface area contributed by atoms with Gasteiger partial charge in [-0.2, -0.15) is 0 Å². The van der Waals surface area contributed by atoms with Gasteiger partial charge in [-0.25, -0.2) is 0 Å². The summed E-state index contributed by atoms with van der Waals surface area (Å²) in [5, 5.41) is 11.1. The van der Waals surface area contributed by atoms with E-state index in [2.05, 4.69) is 16.0 Å². The van der Waals surface area contributed by atoms with E-state index < -0.39 is 0 Å². The lowest BCUT2D eigenvalue weighted by Crippen LogP contribution is -2.02. The van der Waals surface area contributed by atoms with Gasteiger partial charge in [0.05, 0.1) is 23.1 Å². The first-order chi connectivity index (χ1) is 9.83. The standard InChI is InChI=1S/C17H12N2O/c20-16-10-18-14-8-4-2-6-12(14)17(16)15-9-11-5-1-3-7-13(11)19-15/h1-8,10,20H,9H2. The van der Waals surface area contributed by atoms with Crippen molar-refractivity contribution in [2.75, 3.05) is 0 Å². The smallest absolute Gasteiger partial charge is 0.143 e. The Bertz CT molecular complexity index is 852. The molecule has 2 aromatic carbocycles. The van der Waals surface area contributed by atoms with Crippen molar-refractivity contribution >= 4 is 22.3 Å². The van der Waals surface area contributed by atoms with Gasteiger partial charge in [-0.15, -0.1) is 0 Å². The number of aliphatic imine (C=N–C) groups is 1. The van der Waals surface area contributed by atoms with Crippen LogP contribution in [0.4, 0.5) is 5.69 Å². The molecular formula is C17H12N2O. The zero-order valence-corrected chi connectivity index (χ0v) is 10.7. The Morgan fingerprint density at radius 2 is 1.75 bits per heavy atom. The molecule has 3 heteroatoms. The number of para-hydroxylation sites is 2. The Labute approximate surface area is 116 Å². The van der Waals surface area contributed by atoms with E-state index in [0.717, 1.165) is 34.3 Å². The van der Waals surface area contributed by atoms with Crippen LogP contribution in [0.2, 0.25) is 0 Å². The van der Waals surface area contributed by atoms with Gasteiger partial charge in [-0.3, -0.25) is 9.98 Å². The highest BCUT2D eigenvalue weighted by atomic mass is 16.3. The molecule has 0 amide bonds. The number of aromatic nitrogens is 1. The molecule has 96 valence electrons. The molecule has 1 N–H and O–H groups in total. The minimum absolute atomic E-state index is 0.190. The molecule has 3 aromatic rings. The third-order valence-electron chi connectivity index (χ3n) is 3.65. The Morgan fingerprint density at radius 3 is 2.65 bits per heavy atom. The topological polar surface area (TPSA) is 45.5 Å². The van der Waals surface area contributed by atoms with Crippen molar-refractivity contribution in [1.29, 1.82) is 0 Å². The van der Waals surface area contributed by atoms with Crippen LogP contribution >= 0.6 is 0 Å². The van der Waals surface area contributed by atoms with Crippen molar-refractivity contribution in [3.8, 4) is 5.75 Å². The van der Waals surface area contributed by atoms with Crippen molar-refractivity contribution in [1.82, 2.24) is 4.98 Å². The van der Waals surface area contributed by atoms with Crippen LogP contribution in [0.25, 0.3) is 10.9 Å². The van der Waals surface area contributed by atoms with Gasteiger partial charge in [-0.05, 0) is 17.7 Å². The fourth-order valence-electron chi connectivity index (χ4n) is 2.71. The molecule has 2 heterocycles. The number of hydrogen-bond acceptors (Lipinski definition) is 3. The average Bonchev–Trinajstić information content (AvgIpc) is 2.90. The van der Waals surface area contributed by atoms with Gasteiger partial charge in [0.1, 0.15) is 5.75 Å². The van der Waals surface area contributed by atoms with E-state index in [9.17, 15) is 5.11 Å². The third kappa shape index (κ3) is 1.60. The monoisotopic (exact) mass is 260 g/mol. The number of nitrogens with zero attached hydrogens (tertiary/aromatic N) is 2. The summed E-state index contributed by atoms with van der Waals surface area (Å²) in [6, 6.07) is 15.9. The van der Waals surface area contributed by atoms with E-state index in [1.54, 1.807) is 0 Å². The second kappa shape index (κ2) is 4.17. The summed E-state index contributed by atoms with van der Waals surface area (Å²) in [7, 11) is 0. The van der Waals surface area contributed by atoms with E-state index in [1.807, 2.05) is 42.5 Å². The minimum Gasteiger partial charge on any atom is -0.506 e. The molecule has 0 radical (unpaired) electrons. The molecule has 0 aliphatic carbocycles. The Kier molecular flexibility index (Phi) is 2.33. The van der Waals surface area contributed by atoms with Gasteiger partial charge in [0, 0.05) is 17.4 Å². The fourth-order valence-corrected chi connectivity index (χ4v) is 2.71. The quantitative estimate of drug-likeness (QED) is 0.726. The van der Waals surface area contributed by atoms with Crippen LogP contribution in [0.1, 0.15) is 11.1 Å². The first-order valence-corrected chi connectivity index (χ1v) is 6.55.